The van der Waals surface area contributed by atoms with Crippen molar-refractivity contribution in [1.82, 2.24) is 19.9 Å². The lowest BCUT2D eigenvalue weighted by Gasteiger charge is -2.13. The molecule has 2 N–H and O–H groups in total. The van der Waals surface area contributed by atoms with E-state index in [1.165, 1.54) is 6.33 Å². The van der Waals surface area contributed by atoms with E-state index in [1.54, 1.807) is 7.11 Å². The van der Waals surface area contributed by atoms with Crippen molar-refractivity contribution in [2.45, 2.75) is 58.3 Å². The van der Waals surface area contributed by atoms with Gasteiger partial charge in [-0.25, -0.2) is 15.0 Å². The number of terminal acetylenes is 1. The Bertz CT molecular complexity index is 1400. The van der Waals surface area contributed by atoms with Crippen LogP contribution in [0.1, 0.15) is 68.1 Å². The molecule has 0 radical (unpaired) electrons. The molecule has 0 aliphatic heterocycles. The van der Waals surface area contributed by atoms with Crippen molar-refractivity contribution < 1.29 is 9.53 Å². The molecule has 2 heterocycles. The number of methoxy groups -OCH3 is 1. The lowest BCUT2D eigenvalue weighted by molar-refractivity contribution is -0.118. The van der Waals surface area contributed by atoms with Crippen LogP contribution in [0.3, 0.4) is 0 Å². The van der Waals surface area contributed by atoms with E-state index in [9.17, 15) is 4.79 Å². The van der Waals surface area contributed by atoms with Crippen LogP contribution in [0.25, 0.3) is 10.9 Å². The van der Waals surface area contributed by atoms with E-state index in [-0.39, 0.29) is 0 Å². The molecule has 2 aromatic heterocycles. The molecule has 2 aromatic carbocycles. The molecular formula is C30H33N5O2. The van der Waals surface area contributed by atoms with Crippen molar-refractivity contribution in [1.29, 1.82) is 0 Å². The molecule has 7 heteroatoms. The highest BCUT2D eigenvalue weighted by molar-refractivity contribution is 5.92. The fourth-order valence-corrected chi connectivity index (χ4v) is 4.35. The number of ether oxygens (including phenoxy) is 1. The van der Waals surface area contributed by atoms with Gasteiger partial charge in [0.05, 0.1) is 12.6 Å². The first-order valence-electron chi connectivity index (χ1n) is 12.8. The number of H-pyrrole nitrogens is 1. The third kappa shape index (κ3) is 6.95. The van der Waals surface area contributed by atoms with Gasteiger partial charge in [0, 0.05) is 65.8 Å². The molecule has 37 heavy (non-hydrogen) atoms. The second-order valence-electron chi connectivity index (χ2n) is 9.09. The van der Waals surface area contributed by atoms with Gasteiger partial charge in [0.25, 0.3) is 0 Å². The fraction of sp³-hybridized carbons (Fsp3) is 0.333. The van der Waals surface area contributed by atoms with Crippen molar-refractivity contribution in [3.05, 3.63) is 71.6 Å². The lowest BCUT2D eigenvalue weighted by Crippen LogP contribution is -2.00. The Balaban J connectivity index is 1.45. The molecule has 4 aromatic rings. The van der Waals surface area contributed by atoms with Gasteiger partial charge in [-0.2, -0.15) is 0 Å². The molecule has 0 saturated carbocycles. The maximum Gasteiger partial charge on any atom is 0.141 e. The summed E-state index contributed by atoms with van der Waals surface area (Å²) in [5.74, 6) is 5.47. The molecule has 0 atom stereocenters. The summed E-state index contributed by atoms with van der Waals surface area (Å²) < 4.78 is 5.69. The molecule has 0 amide bonds. The molecule has 0 bridgehead atoms. The zero-order valence-corrected chi connectivity index (χ0v) is 21.5. The lowest BCUT2D eigenvalue weighted by atomic mass is 10.1. The van der Waals surface area contributed by atoms with Crippen molar-refractivity contribution in [2.24, 2.45) is 0 Å². The van der Waals surface area contributed by atoms with Crippen molar-refractivity contribution >= 4 is 28.2 Å². The first kappa shape index (κ1) is 25.9. The zero-order valence-electron chi connectivity index (χ0n) is 21.5. The van der Waals surface area contributed by atoms with E-state index in [0.717, 1.165) is 77.1 Å². The van der Waals surface area contributed by atoms with Gasteiger partial charge >= 0.3 is 0 Å². The van der Waals surface area contributed by atoms with Gasteiger partial charge in [0.15, 0.2) is 0 Å². The molecule has 190 valence electrons. The van der Waals surface area contributed by atoms with E-state index in [0.29, 0.717) is 30.9 Å². The predicted molar refractivity (Wildman–Crippen MR) is 147 cm³/mol. The highest BCUT2D eigenvalue weighted by atomic mass is 16.5. The molecule has 7 nitrogen and oxygen atoms in total. The summed E-state index contributed by atoms with van der Waals surface area (Å²) in [5, 5.41) is 4.27. The number of Topliss-reactive ketones (excluding diaryl/α,β-unsaturated/α-hetero) is 1. The van der Waals surface area contributed by atoms with Crippen LogP contribution in [0, 0.1) is 12.3 Å². The average Bonchev–Trinajstić information content (AvgIpc) is 3.37. The third-order valence-corrected chi connectivity index (χ3v) is 6.40. The van der Waals surface area contributed by atoms with Gasteiger partial charge in [0.2, 0.25) is 0 Å². The minimum atomic E-state index is 0.354. The molecular weight excluding hydrogens is 462 g/mol. The number of benzene rings is 2. The summed E-state index contributed by atoms with van der Waals surface area (Å²) in [7, 11) is 1.67. The number of aromatic nitrogens is 4. The second-order valence-corrected chi connectivity index (χ2v) is 9.09. The number of ketones is 1. The van der Waals surface area contributed by atoms with Crippen LogP contribution in [0.4, 0.5) is 11.5 Å². The van der Waals surface area contributed by atoms with E-state index >= 15 is 0 Å². The fourth-order valence-electron chi connectivity index (χ4n) is 4.35. The third-order valence-electron chi connectivity index (χ3n) is 6.40. The molecule has 0 aliphatic rings. The standard InChI is InChI=1S/C30H33N5O2/c1-4-21-11-10-12-23(15-21)35-30-26-17-22(28(37-3)18-27(26)32-20-33-30)16-24-19-31-29(34-24)14-9-7-6-8-13-25(36)5-2/h1,10-12,15,17-20H,5-9,13-14,16H2,2-3H3,(H,31,34)(H,32,33,35). The number of unbranched alkanes of at least 4 members (excludes halogenated alkanes) is 3. The Hall–Kier alpha value is -4.18. The minimum absolute atomic E-state index is 0.354. The van der Waals surface area contributed by atoms with Crippen LogP contribution in [-0.4, -0.2) is 32.8 Å². The van der Waals surface area contributed by atoms with Gasteiger partial charge in [-0.1, -0.05) is 31.8 Å². The second kappa shape index (κ2) is 12.7. The predicted octanol–water partition coefficient (Wildman–Crippen LogP) is 6.15. The molecule has 0 aliphatic carbocycles. The number of carbonyl (C=O) groups excluding carboxylic acids is 1. The smallest absolute Gasteiger partial charge is 0.141 e. The minimum Gasteiger partial charge on any atom is -0.496 e. The maximum absolute atomic E-state index is 11.4. The summed E-state index contributed by atoms with van der Waals surface area (Å²) in [6.07, 6.45) is 16.1. The highest BCUT2D eigenvalue weighted by Gasteiger charge is 2.13. The normalized spacial score (nSPS) is 10.8. The number of aromatic amines is 1. The topological polar surface area (TPSA) is 92.8 Å². The number of anilines is 2. The summed E-state index contributed by atoms with van der Waals surface area (Å²) in [4.78, 5) is 28.4. The number of rotatable bonds is 13. The number of imidazole rings is 1. The number of nitrogens with one attached hydrogen (secondary N) is 2. The van der Waals surface area contributed by atoms with Crippen molar-refractivity contribution in [2.75, 3.05) is 12.4 Å². The van der Waals surface area contributed by atoms with Crippen LogP contribution in [0.15, 0.2) is 48.9 Å². The summed E-state index contributed by atoms with van der Waals surface area (Å²) in [6.45, 7) is 1.93. The quantitative estimate of drug-likeness (QED) is 0.171. The van der Waals surface area contributed by atoms with Gasteiger partial charge in [0.1, 0.15) is 29.5 Å². The van der Waals surface area contributed by atoms with Crippen molar-refractivity contribution in [3.63, 3.8) is 0 Å². The molecule has 0 spiro atoms. The monoisotopic (exact) mass is 495 g/mol. The Morgan fingerprint density at radius 1 is 1.11 bits per heavy atom. The summed E-state index contributed by atoms with van der Waals surface area (Å²) >= 11 is 0. The van der Waals surface area contributed by atoms with Crippen LogP contribution in [0.5, 0.6) is 5.75 Å². The first-order valence-corrected chi connectivity index (χ1v) is 12.8. The first-order chi connectivity index (χ1) is 18.1. The van der Waals surface area contributed by atoms with Gasteiger partial charge in [-0.05, 0) is 37.1 Å². The number of fused-ring (bicyclic) bond motifs is 1. The Morgan fingerprint density at radius 3 is 2.78 bits per heavy atom. The highest BCUT2D eigenvalue weighted by Crippen LogP contribution is 2.31. The summed E-state index contributed by atoms with van der Waals surface area (Å²) in [5.41, 5.74) is 4.49. The zero-order chi connectivity index (χ0) is 26.0. The largest absolute Gasteiger partial charge is 0.496 e. The molecule has 4 rings (SSSR count). The number of hydrogen-bond donors (Lipinski definition) is 2. The van der Waals surface area contributed by atoms with E-state index in [1.807, 2.05) is 43.5 Å². The van der Waals surface area contributed by atoms with E-state index < -0.39 is 0 Å². The number of aryl methyl sites for hydroxylation is 1. The Kier molecular flexibility index (Phi) is 8.88. The Morgan fingerprint density at radius 2 is 1.97 bits per heavy atom. The number of carbonyl (C=O) groups is 1. The summed E-state index contributed by atoms with van der Waals surface area (Å²) in [6, 6.07) is 11.7. The van der Waals surface area contributed by atoms with Crippen LogP contribution >= 0.6 is 0 Å². The molecule has 0 fully saturated rings. The van der Waals surface area contributed by atoms with E-state index in [4.69, 9.17) is 11.2 Å². The van der Waals surface area contributed by atoms with Crippen LogP contribution in [0.2, 0.25) is 0 Å². The number of hydrogen-bond acceptors (Lipinski definition) is 6. The average molecular weight is 496 g/mol. The van der Waals surface area contributed by atoms with Crippen molar-refractivity contribution in [3.8, 4) is 18.1 Å². The van der Waals surface area contributed by atoms with Crippen LogP contribution in [-0.2, 0) is 17.6 Å². The Labute approximate surface area is 218 Å². The number of nitrogens with zero attached hydrogens (tertiary/aromatic N) is 3. The van der Waals surface area contributed by atoms with Crippen LogP contribution < -0.4 is 10.1 Å². The van der Waals surface area contributed by atoms with Gasteiger partial charge in [-0.15, -0.1) is 6.42 Å². The maximum atomic E-state index is 11.4. The van der Waals surface area contributed by atoms with Gasteiger partial charge < -0.3 is 15.0 Å². The van der Waals surface area contributed by atoms with E-state index in [2.05, 4.69) is 37.2 Å². The molecule has 0 unspecified atom stereocenters. The molecule has 0 saturated heterocycles. The SMILES string of the molecule is C#Cc1cccc(Nc2ncnc3cc(OC)c(Cc4cnc(CCCCCCC(=O)CC)[nH]4)cc23)c1. The van der Waals surface area contributed by atoms with Gasteiger partial charge in [-0.3, -0.25) is 4.79 Å².